The number of hydrogen-bond donors (Lipinski definition) is 1. The van der Waals surface area contributed by atoms with E-state index in [1.807, 2.05) is 19.1 Å². The van der Waals surface area contributed by atoms with Crippen LogP contribution < -0.4 is 14.4 Å². The lowest BCUT2D eigenvalue weighted by molar-refractivity contribution is -0.132. The number of aliphatic hydroxyl groups is 1. The molecule has 0 bridgehead atoms. The molecule has 8 nitrogen and oxygen atoms in total. The number of benzene rings is 2. The van der Waals surface area contributed by atoms with Crippen molar-refractivity contribution < 1.29 is 28.7 Å². The maximum Gasteiger partial charge on any atom is 0.301 e. The Morgan fingerprint density at radius 1 is 1.06 bits per heavy atom. The lowest BCUT2D eigenvalue weighted by Crippen LogP contribution is -2.30. The van der Waals surface area contributed by atoms with Gasteiger partial charge in [-0.15, -0.1) is 0 Å². The third kappa shape index (κ3) is 3.39. The number of aromatic nitrogens is 1. The van der Waals surface area contributed by atoms with Crippen molar-refractivity contribution in [2.24, 2.45) is 0 Å². The van der Waals surface area contributed by atoms with E-state index in [1.54, 1.807) is 43.3 Å². The van der Waals surface area contributed by atoms with E-state index in [4.69, 9.17) is 14.0 Å². The van der Waals surface area contributed by atoms with Crippen molar-refractivity contribution in [1.82, 2.24) is 5.16 Å². The number of Topliss-reactive ketones (excluding diaryl/α,β-unsaturated/α-hetero) is 1. The number of ether oxygens (including phenoxy) is 2. The molecule has 0 radical (unpaired) electrons. The SMILES string of the molecule is COc1cccc([C@H]2/C(=C(\O)c3ccc(C)cc3)C(=O)C(=O)N2c2cc(C)on2)c1OC. The molecule has 1 aliphatic heterocycles. The lowest BCUT2D eigenvalue weighted by Gasteiger charge is -2.25. The fourth-order valence-electron chi connectivity index (χ4n) is 3.82. The molecule has 0 aliphatic carbocycles. The molecule has 1 fully saturated rings. The number of anilines is 1. The normalized spacial score (nSPS) is 17.6. The number of carbonyl (C=O) groups is 2. The van der Waals surface area contributed by atoms with Gasteiger partial charge in [-0.3, -0.25) is 14.5 Å². The number of aryl methyl sites for hydroxylation is 2. The fraction of sp³-hybridized carbons (Fsp3) is 0.208. The minimum Gasteiger partial charge on any atom is -0.507 e. The fourth-order valence-corrected chi connectivity index (χ4v) is 3.82. The first-order valence-corrected chi connectivity index (χ1v) is 9.89. The van der Waals surface area contributed by atoms with Crippen LogP contribution in [-0.2, 0) is 9.59 Å². The second-order valence-electron chi connectivity index (χ2n) is 7.41. The average Bonchev–Trinajstić information content (AvgIpc) is 3.33. The predicted molar refractivity (Wildman–Crippen MR) is 117 cm³/mol. The average molecular weight is 434 g/mol. The topological polar surface area (TPSA) is 102 Å². The molecule has 1 atom stereocenters. The summed E-state index contributed by atoms with van der Waals surface area (Å²) >= 11 is 0. The summed E-state index contributed by atoms with van der Waals surface area (Å²) in [4.78, 5) is 27.5. The van der Waals surface area contributed by atoms with Crippen LogP contribution in [0.3, 0.4) is 0 Å². The van der Waals surface area contributed by atoms with E-state index in [0.29, 0.717) is 28.4 Å². The Morgan fingerprint density at radius 2 is 1.78 bits per heavy atom. The van der Waals surface area contributed by atoms with E-state index in [-0.39, 0.29) is 17.2 Å². The molecular weight excluding hydrogens is 412 g/mol. The van der Waals surface area contributed by atoms with Crippen LogP contribution in [0.1, 0.15) is 28.5 Å². The van der Waals surface area contributed by atoms with Crippen LogP contribution in [-0.4, -0.2) is 36.2 Å². The van der Waals surface area contributed by atoms with E-state index in [9.17, 15) is 14.7 Å². The van der Waals surface area contributed by atoms with Crippen molar-refractivity contribution >= 4 is 23.3 Å². The van der Waals surface area contributed by atoms with Gasteiger partial charge in [-0.1, -0.05) is 47.1 Å². The molecule has 1 aromatic heterocycles. The molecule has 32 heavy (non-hydrogen) atoms. The summed E-state index contributed by atoms with van der Waals surface area (Å²) in [5.41, 5.74) is 1.79. The Balaban J connectivity index is 2.01. The van der Waals surface area contributed by atoms with Crippen LogP contribution >= 0.6 is 0 Å². The second-order valence-corrected chi connectivity index (χ2v) is 7.41. The number of methoxy groups -OCH3 is 2. The zero-order valence-electron chi connectivity index (χ0n) is 18.1. The van der Waals surface area contributed by atoms with E-state index in [0.717, 1.165) is 5.56 Å². The predicted octanol–water partition coefficient (Wildman–Crippen LogP) is 3.93. The first-order valence-electron chi connectivity index (χ1n) is 9.89. The quantitative estimate of drug-likeness (QED) is 0.369. The summed E-state index contributed by atoms with van der Waals surface area (Å²) in [5.74, 6) is -0.579. The van der Waals surface area contributed by atoms with Gasteiger partial charge in [0.15, 0.2) is 17.3 Å². The van der Waals surface area contributed by atoms with Crippen molar-refractivity contribution in [2.75, 3.05) is 19.1 Å². The Bertz CT molecular complexity index is 1230. The molecule has 1 saturated heterocycles. The van der Waals surface area contributed by atoms with Gasteiger partial charge >= 0.3 is 5.91 Å². The maximum absolute atomic E-state index is 13.2. The highest BCUT2D eigenvalue weighted by Crippen LogP contribution is 2.46. The van der Waals surface area contributed by atoms with Gasteiger partial charge in [0.1, 0.15) is 17.6 Å². The number of nitrogens with zero attached hydrogens (tertiary/aromatic N) is 2. The summed E-state index contributed by atoms with van der Waals surface area (Å²) in [6.07, 6.45) is 0. The van der Waals surface area contributed by atoms with Gasteiger partial charge in [0.2, 0.25) is 0 Å². The smallest absolute Gasteiger partial charge is 0.301 e. The summed E-state index contributed by atoms with van der Waals surface area (Å²) in [5, 5.41) is 15.1. The van der Waals surface area contributed by atoms with Crippen molar-refractivity contribution in [3.05, 3.63) is 76.6 Å². The molecule has 0 unspecified atom stereocenters. The van der Waals surface area contributed by atoms with Crippen LogP contribution in [0.4, 0.5) is 5.82 Å². The minimum absolute atomic E-state index is 0.0777. The zero-order valence-corrected chi connectivity index (χ0v) is 18.1. The molecule has 4 rings (SSSR count). The molecule has 1 N–H and O–H groups in total. The molecule has 2 heterocycles. The van der Waals surface area contributed by atoms with E-state index in [2.05, 4.69) is 5.16 Å². The van der Waals surface area contributed by atoms with E-state index < -0.39 is 17.7 Å². The summed E-state index contributed by atoms with van der Waals surface area (Å²) in [7, 11) is 2.96. The Kier molecular flexibility index (Phi) is 5.44. The molecule has 164 valence electrons. The van der Waals surface area contributed by atoms with Crippen molar-refractivity contribution in [1.29, 1.82) is 0 Å². The van der Waals surface area contributed by atoms with Crippen LogP contribution in [0.25, 0.3) is 5.76 Å². The number of carbonyl (C=O) groups excluding carboxylic acids is 2. The monoisotopic (exact) mass is 434 g/mol. The Hall–Kier alpha value is -4.07. The summed E-state index contributed by atoms with van der Waals surface area (Å²) in [6, 6.07) is 12.7. The van der Waals surface area contributed by atoms with Gasteiger partial charge in [-0.2, -0.15) is 0 Å². The first kappa shape index (κ1) is 21.2. The van der Waals surface area contributed by atoms with Crippen molar-refractivity contribution in [3.63, 3.8) is 0 Å². The van der Waals surface area contributed by atoms with Gasteiger partial charge in [-0.25, -0.2) is 0 Å². The largest absolute Gasteiger partial charge is 0.507 e. The number of amides is 1. The van der Waals surface area contributed by atoms with E-state index >= 15 is 0 Å². The van der Waals surface area contributed by atoms with Gasteiger partial charge < -0.3 is 19.1 Å². The lowest BCUT2D eigenvalue weighted by atomic mass is 9.94. The van der Waals surface area contributed by atoms with Crippen molar-refractivity contribution in [2.45, 2.75) is 19.9 Å². The standard InChI is InChI=1S/C24H22N2O6/c1-13-8-10-15(11-9-13)21(27)19-20(16-6-5-7-17(30-3)23(16)31-4)26(24(29)22(19)28)18-12-14(2)32-25-18/h5-12,20,27H,1-4H3/b21-19+/t20-/m0/s1. The Labute approximate surface area is 184 Å². The van der Waals surface area contributed by atoms with Gasteiger partial charge in [0, 0.05) is 17.2 Å². The van der Waals surface area contributed by atoms with Gasteiger partial charge in [0.25, 0.3) is 5.78 Å². The molecule has 3 aromatic rings. The number of para-hydroxylation sites is 1. The highest BCUT2D eigenvalue weighted by Gasteiger charge is 2.49. The zero-order chi connectivity index (χ0) is 23.0. The molecule has 2 aromatic carbocycles. The number of rotatable bonds is 5. The molecule has 0 saturated carbocycles. The second kappa shape index (κ2) is 8.22. The third-order valence-corrected chi connectivity index (χ3v) is 5.36. The first-order chi connectivity index (χ1) is 15.4. The highest BCUT2D eigenvalue weighted by atomic mass is 16.5. The minimum atomic E-state index is -1.01. The van der Waals surface area contributed by atoms with Crippen LogP contribution in [0, 0.1) is 13.8 Å². The van der Waals surface area contributed by atoms with Crippen LogP contribution in [0.15, 0.2) is 58.6 Å². The van der Waals surface area contributed by atoms with Crippen molar-refractivity contribution in [3.8, 4) is 11.5 Å². The molecule has 1 aliphatic rings. The molecular formula is C24H22N2O6. The van der Waals surface area contributed by atoms with E-state index in [1.165, 1.54) is 19.1 Å². The maximum atomic E-state index is 13.2. The van der Waals surface area contributed by atoms with Gasteiger partial charge in [-0.05, 0) is 19.9 Å². The summed E-state index contributed by atoms with van der Waals surface area (Å²) < 4.78 is 16.1. The Morgan fingerprint density at radius 3 is 2.38 bits per heavy atom. The molecule has 8 heteroatoms. The van der Waals surface area contributed by atoms with Gasteiger partial charge in [0.05, 0.1) is 19.8 Å². The van der Waals surface area contributed by atoms with Crippen LogP contribution in [0.2, 0.25) is 0 Å². The molecule has 1 amide bonds. The summed E-state index contributed by atoms with van der Waals surface area (Å²) in [6.45, 7) is 3.59. The number of aliphatic hydroxyl groups excluding tert-OH is 1. The number of hydrogen-bond acceptors (Lipinski definition) is 7. The molecule has 0 spiro atoms. The van der Waals surface area contributed by atoms with Crippen LogP contribution in [0.5, 0.6) is 11.5 Å². The third-order valence-electron chi connectivity index (χ3n) is 5.36. The highest BCUT2D eigenvalue weighted by molar-refractivity contribution is 6.51. The number of ketones is 1.